The van der Waals surface area contributed by atoms with Crippen LogP contribution in [0.15, 0.2) is 18.2 Å². The summed E-state index contributed by atoms with van der Waals surface area (Å²) in [5.41, 5.74) is 1.37. The van der Waals surface area contributed by atoms with Crippen molar-refractivity contribution in [3.05, 3.63) is 29.3 Å². The number of aryl methyl sites for hydroxylation is 1. The first-order chi connectivity index (χ1) is 12.5. The van der Waals surface area contributed by atoms with Crippen LogP contribution in [0.2, 0.25) is 0 Å². The van der Waals surface area contributed by atoms with Crippen molar-refractivity contribution in [2.24, 2.45) is 11.3 Å². The van der Waals surface area contributed by atoms with E-state index >= 15 is 0 Å². The van der Waals surface area contributed by atoms with Crippen LogP contribution in [0.3, 0.4) is 0 Å². The van der Waals surface area contributed by atoms with Crippen molar-refractivity contribution in [1.29, 1.82) is 0 Å². The Kier molecular flexibility index (Phi) is 4.41. The summed E-state index contributed by atoms with van der Waals surface area (Å²) >= 11 is 0. The number of piperidine rings is 2. The van der Waals surface area contributed by atoms with Crippen molar-refractivity contribution in [3.63, 3.8) is 0 Å². The first-order valence-electron chi connectivity index (χ1n) is 9.82. The molecule has 2 saturated heterocycles. The Morgan fingerprint density at radius 3 is 2.81 bits per heavy atom. The van der Waals surface area contributed by atoms with E-state index in [9.17, 15) is 14.7 Å². The number of carbonyl (C=O) groups excluding carboxylic acids is 2. The Hall–Kier alpha value is -2.04. The molecule has 2 amide bonds. The van der Waals surface area contributed by atoms with Crippen molar-refractivity contribution in [3.8, 4) is 5.75 Å². The predicted octanol–water partition coefficient (Wildman–Crippen LogP) is 2.96. The molecule has 1 saturated carbocycles. The molecule has 3 aliphatic rings. The number of nitrogens with zero attached hydrogens (tertiary/aromatic N) is 2. The summed E-state index contributed by atoms with van der Waals surface area (Å²) in [5.74, 6) is 1.15. The van der Waals surface area contributed by atoms with Crippen LogP contribution >= 0.6 is 0 Å². The van der Waals surface area contributed by atoms with Gasteiger partial charge in [0.15, 0.2) is 0 Å². The summed E-state index contributed by atoms with van der Waals surface area (Å²) in [5, 5.41) is 9.93. The molecule has 1 aromatic carbocycles. The Balaban J connectivity index is 1.48. The number of aromatic hydroxyl groups is 1. The van der Waals surface area contributed by atoms with Crippen LogP contribution in [0, 0.1) is 18.3 Å². The Morgan fingerprint density at radius 1 is 1.27 bits per heavy atom. The van der Waals surface area contributed by atoms with Gasteiger partial charge in [-0.15, -0.1) is 0 Å². The van der Waals surface area contributed by atoms with Crippen molar-refractivity contribution in [2.45, 2.75) is 45.4 Å². The van der Waals surface area contributed by atoms with Crippen LogP contribution in [0.4, 0.5) is 0 Å². The summed E-state index contributed by atoms with van der Waals surface area (Å²) in [7, 11) is 0. The highest BCUT2D eigenvalue weighted by Crippen LogP contribution is 2.41. The predicted molar refractivity (Wildman–Crippen MR) is 99.0 cm³/mol. The first kappa shape index (κ1) is 17.4. The molecule has 1 aliphatic carbocycles. The second-order valence-electron chi connectivity index (χ2n) is 8.55. The van der Waals surface area contributed by atoms with Crippen LogP contribution in [0.1, 0.15) is 54.4 Å². The zero-order chi connectivity index (χ0) is 18.3. The van der Waals surface area contributed by atoms with E-state index in [-0.39, 0.29) is 23.0 Å². The minimum Gasteiger partial charge on any atom is -0.508 e. The highest BCUT2D eigenvalue weighted by atomic mass is 16.3. The number of benzene rings is 1. The molecule has 5 nitrogen and oxygen atoms in total. The van der Waals surface area contributed by atoms with E-state index in [0.29, 0.717) is 17.9 Å². The minimum atomic E-state index is -0.00924. The largest absolute Gasteiger partial charge is 0.508 e. The van der Waals surface area contributed by atoms with Crippen LogP contribution in [0.5, 0.6) is 5.75 Å². The van der Waals surface area contributed by atoms with Gasteiger partial charge in [-0.3, -0.25) is 9.59 Å². The molecule has 26 heavy (non-hydrogen) atoms. The average molecular weight is 356 g/mol. The van der Waals surface area contributed by atoms with Crippen LogP contribution in [-0.4, -0.2) is 52.9 Å². The molecule has 4 rings (SSSR count). The summed E-state index contributed by atoms with van der Waals surface area (Å²) in [6.07, 6.45) is 6.06. The van der Waals surface area contributed by atoms with E-state index in [2.05, 4.69) is 4.90 Å². The third-order valence-corrected chi connectivity index (χ3v) is 6.33. The molecule has 5 heteroatoms. The van der Waals surface area contributed by atoms with Crippen molar-refractivity contribution >= 4 is 11.8 Å². The topological polar surface area (TPSA) is 60.9 Å². The maximum absolute atomic E-state index is 13.0. The average Bonchev–Trinajstić information content (AvgIpc) is 3.44. The van der Waals surface area contributed by atoms with Crippen LogP contribution in [-0.2, 0) is 4.79 Å². The number of hydrogen-bond donors (Lipinski definition) is 1. The van der Waals surface area contributed by atoms with Gasteiger partial charge < -0.3 is 14.9 Å². The van der Waals surface area contributed by atoms with Crippen molar-refractivity contribution < 1.29 is 14.7 Å². The maximum Gasteiger partial charge on any atom is 0.254 e. The molecule has 0 aromatic heterocycles. The number of phenols is 1. The molecule has 1 unspecified atom stereocenters. The van der Waals surface area contributed by atoms with Gasteiger partial charge in [-0.25, -0.2) is 0 Å². The first-order valence-corrected chi connectivity index (χ1v) is 9.82. The van der Waals surface area contributed by atoms with Gasteiger partial charge in [0.2, 0.25) is 5.91 Å². The van der Waals surface area contributed by atoms with Gasteiger partial charge in [-0.05, 0) is 62.6 Å². The normalized spacial score (nSPS) is 26.4. The molecular formula is C21H28N2O3. The lowest BCUT2D eigenvalue weighted by atomic mass is 9.73. The zero-order valence-electron chi connectivity index (χ0n) is 15.5. The number of rotatable bonds is 3. The van der Waals surface area contributed by atoms with E-state index in [1.807, 2.05) is 11.8 Å². The van der Waals surface area contributed by atoms with Gasteiger partial charge in [-0.1, -0.05) is 6.07 Å². The third kappa shape index (κ3) is 3.44. The number of amides is 2. The Labute approximate surface area is 155 Å². The summed E-state index contributed by atoms with van der Waals surface area (Å²) < 4.78 is 0. The Bertz CT molecular complexity index is 728. The summed E-state index contributed by atoms with van der Waals surface area (Å²) in [6.45, 7) is 5.00. The van der Waals surface area contributed by atoms with Gasteiger partial charge in [0, 0.05) is 43.6 Å². The van der Waals surface area contributed by atoms with Gasteiger partial charge >= 0.3 is 0 Å². The van der Waals surface area contributed by atoms with Crippen molar-refractivity contribution in [1.82, 2.24) is 9.80 Å². The second kappa shape index (κ2) is 6.60. The monoisotopic (exact) mass is 356 g/mol. The maximum atomic E-state index is 13.0. The molecule has 0 radical (unpaired) electrons. The molecular weight excluding hydrogens is 328 g/mol. The van der Waals surface area contributed by atoms with E-state index in [1.54, 1.807) is 18.2 Å². The third-order valence-electron chi connectivity index (χ3n) is 6.33. The Morgan fingerprint density at radius 2 is 2.08 bits per heavy atom. The molecule has 2 aliphatic heterocycles. The SMILES string of the molecule is Cc1ccc(C(=O)N2CCCC3(CCC(=O)N(CC4CC4)C3)C2)cc1O. The fourth-order valence-corrected chi connectivity index (χ4v) is 4.52. The zero-order valence-corrected chi connectivity index (χ0v) is 15.5. The molecule has 2 heterocycles. The fourth-order valence-electron chi connectivity index (χ4n) is 4.52. The quantitative estimate of drug-likeness (QED) is 0.906. The van der Waals surface area contributed by atoms with E-state index in [1.165, 1.54) is 12.8 Å². The summed E-state index contributed by atoms with van der Waals surface area (Å²) in [6, 6.07) is 5.16. The van der Waals surface area contributed by atoms with Gasteiger partial charge in [0.05, 0.1) is 0 Å². The lowest BCUT2D eigenvalue weighted by Gasteiger charge is -2.48. The summed E-state index contributed by atoms with van der Waals surface area (Å²) in [4.78, 5) is 29.3. The van der Waals surface area contributed by atoms with E-state index in [0.717, 1.165) is 51.0 Å². The van der Waals surface area contributed by atoms with Crippen molar-refractivity contribution in [2.75, 3.05) is 26.2 Å². The smallest absolute Gasteiger partial charge is 0.254 e. The van der Waals surface area contributed by atoms with Crippen LogP contribution in [0.25, 0.3) is 0 Å². The molecule has 1 spiro atoms. The fraction of sp³-hybridized carbons (Fsp3) is 0.619. The highest BCUT2D eigenvalue weighted by Gasteiger charge is 2.43. The standard InChI is InChI=1S/C21H28N2O3/c1-15-3-6-17(11-18(15)24)20(26)22-10-2-8-21(13-22)9-7-19(25)23(14-21)12-16-4-5-16/h3,6,11,16,24H,2,4-5,7-10,12-14H2,1H3. The minimum absolute atomic E-state index is 0.00924. The van der Waals surface area contributed by atoms with Gasteiger partial charge in [-0.2, -0.15) is 0 Å². The molecule has 1 atom stereocenters. The number of carbonyl (C=O) groups is 2. The molecule has 3 fully saturated rings. The van der Waals surface area contributed by atoms with Gasteiger partial charge in [0.1, 0.15) is 5.75 Å². The molecule has 1 N–H and O–H groups in total. The highest BCUT2D eigenvalue weighted by molar-refractivity contribution is 5.94. The molecule has 0 bridgehead atoms. The van der Waals surface area contributed by atoms with Crippen LogP contribution < -0.4 is 0 Å². The lowest BCUT2D eigenvalue weighted by Crippen LogP contribution is -2.55. The second-order valence-corrected chi connectivity index (χ2v) is 8.55. The number of phenolic OH excluding ortho intramolecular Hbond substituents is 1. The molecule has 140 valence electrons. The number of hydrogen-bond acceptors (Lipinski definition) is 3. The van der Waals surface area contributed by atoms with E-state index in [4.69, 9.17) is 0 Å². The molecule has 1 aromatic rings. The van der Waals surface area contributed by atoms with Gasteiger partial charge in [0.25, 0.3) is 5.91 Å². The van der Waals surface area contributed by atoms with E-state index < -0.39 is 0 Å². The lowest BCUT2D eigenvalue weighted by molar-refractivity contribution is -0.139. The number of likely N-dealkylation sites (tertiary alicyclic amines) is 2.